The van der Waals surface area contributed by atoms with Crippen molar-refractivity contribution in [2.24, 2.45) is 10.9 Å². The van der Waals surface area contributed by atoms with Crippen LogP contribution in [0.25, 0.3) is 11.3 Å². The molecule has 2 rings (SSSR count). The van der Waals surface area contributed by atoms with Gasteiger partial charge in [-0.05, 0) is 18.4 Å². The van der Waals surface area contributed by atoms with Crippen LogP contribution in [-0.2, 0) is 0 Å². The van der Waals surface area contributed by atoms with E-state index in [0.29, 0.717) is 5.01 Å². The zero-order valence-electron chi connectivity index (χ0n) is 9.12. The molecule has 0 radical (unpaired) electrons. The molecular formula is C11H11N3OS2. The average molecular weight is 265 g/mol. The van der Waals surface area contributed by atoms with E-state index in [1.165, 1.54) is 16.2 Å². The molecule has 1 aromatic carbocycles. The largest absolute Gasteiger partial charge is 0.409 e. The number of hydrogen-bond acceptors (Lipinski definition) is 5. The Morgan fingerprint density at radius 1 is 1.53 bits per heavy atom. The van der Waals surface area contributed by atoms with Crippen LogP contribution in [0.5, 0.6) is 0 Å². The molecule has 6 heteroatoms. The lowest BCUT2D eigenvalue weighted by atomic mass is 10.2. The van der Waals surface area contributed by atoms with Crippen molar-refractivity contribution in [2.45, 2.75) is 4.90 Å². The lowest BCUT2D eigenvalue weighted by Crippen LogP contribution is -2.12. The summed E-state index contributed by atoms with van der Waals surface area (Å²) in [7, 11) is 0. The van der Waals surface area contributed by atoms with Crippen LogP contribution in [0.15, 0.2) is 39.7 Å². The fraction of sp³-hybridized carbons (Fsp3) is 0.0909. The minimum Gasteiger partial charge on any atom is -0.409 e. The minimum atomic E-state index is 0.0438. The van der Waals surface area contributed by atoms with Crippen molar-refractivity contribution in [1.82, 2.24) is 4.98 Å². The van der Waals surface area contributed by atoms with Gasteiger partial charge in [0.2, 0.25) is 0 Å². The Hall–Kier alpha value is -1.53. The van der Waals surface area contributed by atoms with Gasteiger partial charge in [-0.2, -0.15) is 0 Å². The molecule has 17 heavy (non-hydrogen) atoms. The maximum Gasteiger partial charge on any atom is 0.199 e. The Labute approximate surface area is 107 Å². The number of thioether (sulfide) groups is 1. The Morgan fingerprint density at radius 3 is 3.06 bits per heavy atom. The molecule has 0 aliphatic heterocycles. The molecular weight excluding hydrogens is 254 g/mol. The third-order valence-corrected chi connectivity index (χ3v) is 3.79. The molecule has 0 unspecified atom stereocenters. The van der Waals surface area contributed by atoms with E-state index in [1.807, 2.05) is 29.8 Å². The van der Waals surface area contributed by atoms with Crippen LogP contribution in [-0.4, -0.2) is 22.3 Å². The summed E-state index contributed by atoms with van der Waals surface area (Å²) < 4.78 is 0. The molecule has 2 aromatic rings. The fourth-order valence-electron chi connectivity index (χ4n) is 1.35. The van der Waals surface area contributed by atoms with E-state index in [-0.39, 0.29) is 5.84 Å². The molecule has 1 aromatic heterocycles. The number of rotatable bonds is 3. The van der Waals surface area contributed by atoms with Crippen LogP contribution in [0.1, 0.15) is 5.01 Å². The predicted octanol–water partition coefficient (Wildman–Crippen LogP) is 2.63. The second kappa shape index (κ2) is 5.20. The first kappa shape index (κ1) is 11.9. The number of amidine groups is 1. The molecule has 88 valence electrons. The van der Waals surface area contributed by atoms with Gasteiger partial charge in [0.1, 0.15) is 0 Å². The lowest BCUT2D eigenvalue weighted by Gasteiger charge is -1.99. The fourth-order valence-corrected chi connectivity index (χ4v) is 2.53. The monoisotopic (exact) mass is 265 g/mol. The van der Waals surface area contributed by atoms with Crippen molar-refractivity contribution in [2.75, 3.05) is 6.26 Å². The summed E-state index contributed by atoms with van der Waals surface area (Å²) in [6, 6.07) is 8.09. The van der Waals surface area contributed by atoms with E-state index < -0.39 is 0 Å². The summed E-state index contributed by atoms with van der Waals surface area (Å²) in [5, 5.41) is 13.9. The van der Waals surface area contributed by atoms with Crippen molar-refractivity contribution in [3.8, 4) is 11.3 Å². The number of oxime groups is 1. The van der Waals surface area contributed by atoms with Crippen LogP contribution >= 0.6 is 23.1 Å². The first-order valence-electron chi connectivity index (χ1n) is 4.82. The lowest BCUT2D eigenvalue weighted by molar-refractivity contribution is 0.318. The molecule has 0 bridgehead atoms. The van der Waals surface area contributed by atoms with Gasteiger partial charge in [-0.1, -0.05) is 17.3 Å². The van der Waals surface area contributed by atoms with Crippen LogP contribution in [0.2, 0.25) is 0 Å². The van der Waals surface area contributed by atoms with Crippen LogP contribution < -0.4 is 5.73 Å². The van der Waals surface area contributed by atoms with Crippen molar-refractivity contribution < 1.29 is 5.21 Å². The number of nitrogens with zero attached hydrogens (tertiary/aromatic N) is 2. The minimum absolute atomic E-state index is 0.0438. The number of nitrogens with two attached hydrogens (primary N) is 1. The molecule has 3 N–H and O–H groups in total. The van der Waals surface area contributed by atoms with Gasteiger partial charge in [-0.15, -0.1) is 23.1 Å². The SMILES string of the molecule is CSc1cccc(-c2csc(/C(N)=N\O)n2)c1. The van der Waals surface area contributed by atoms with Crippen LogP contribution in [0.4, 0.5) is 0 Å². The summed E-state index contributed by atoms with van der Waals surface area (Å²) in [6.07, 6.45) is 2.03. The van der Waals surface area contributed by atoms with Gasteiger partial charge in [-0.3, -0.25) is 0 Å². The molecule has 0 fully saturated rings. The third kappa shape index (κ3) is 2.59. The first-order valence-corrected chi connectivity index (χ1v) is 6.93. The average Bonchev–Trinajstić information content (AvgIpc) is 2.87. The quantitative estimate of drug-likeness (QED) is 0.294. The molecule has 0 saturated heterocycles. The maximum absolute atomic E-state index is 8.58. The second-order valence-electron chi connectivity index (χ2n) is 3.26. The van der Waals surface area contributed by atoms with Crippen molar-refractivity contribution >= 4 is 28.9 Å². The normalized spacial score (nSPS) is 11.7. The van der Waals surface area contributed by atoms with E-state index in [2.05, 4.69) is 16.2 Å². The summed E-state index contributed by atoms with van der Waals surface area (Å²) >= 11 is 3.04. The van der Waals surface area contributed by atoms with Crippen molar-refractivity contribution in [3.05, 3.63) is 34.7 Å². The third-order valence-electron chi connectivity index (χ3n) is 2.20. The second-order valence-corrected chi connectivity index (χ2v) is 4.99. The van der Waals surface area contributed by atoms with Gasteiger partial charge in [-0.25, -0.2) is 4.98 Å². The van der Waals surface area contributed by atoms with Gasteiger partial charge in [0, 0.05) is 15.8 Å². The Kier molecular flexibility index (Phi) is 3.65. The smallest absolute Gasteiger partial charge is 0.199 e. The highest BCUT2D eigenvalue weighted by Gasteiger charge is 2.08. The summed E-state index contributed by atoms with van der Waals surface area (Å²) in [5.41, 5.74) is 7.36. The molecule has 0 amide bonds. The molecule has 0 atom stereocenters. The van der Waals surface area contributed by atoms with Crippen LogP contribution in [0.3, 0.4) is 0 Å². The molecule has 0 aliphatic carbocycles. The highest BCUT2D eigenvalue weighted by atomic mass is 32.2. The van der Waals surface area contributed by atoms with Gasteiger partial charge >= 0.3 is 0 Å². The van der Waals surface area contributed by atoms with Gasteiger partial charge in [0.15, 0.2) is 10.8 Å². The summed E-state index contributed by atoms with van der Waals surface area (Å²) in [4.78, 5) is 5.50. The number of aromatic nitrogens is 1. The number of hydrogen-bond donors (Lipinski definition) is 2. The predicted molar refractivity (Wildman–Crippen MR) is 71.8 cm³/mol. The van der Waals surface area contributed by atoms with E-state index in [0.717, 1.165) is 11.3 Å². The van der Waals surface area contributed by atoms with Gasteiger partial charge in [0.05, 0.1) is 5.69 Å². The number of benzene rings is 1. The molecule has 0 saturated carbocycles. The Bertz CT molecular complexity index is 551. The van der Waals surface area contributed by atoms with Crippen molar-refractivity contribution in [3.63, 3.8) is 0 Å². The first-order chi connectivity index (χ1) is 8.24. The zero-order valence-corrected chi connectivity index (χ0v) is 10.8. The van der Waals surface area contributed by atoms with Gasteiger partial charge < -0.3 is 10.9 Å². The highest BCUT2D eigenvalue weighted by Crippen LogP contribution is 2.25. The molecule has 4 nitrogen and oxygen atoms in total. The topological polar surface area (TPSA) is 71.5 Å². The number of thiazole rings is 1. The highest BCUT2D eigenvalue weighted by molar-refractivity contribution is 7.98. The van der Waals surface area contributed by atoms with Crippen LogP contribution in [0, 0.1) is 0 Å². The summed E-state index contributed by atoms with van der Waals surface area (Å²) in [5.74, 6) is 0.0438. The molecule has 1 heterocycles. The van der Waals surface area contributed by atoms with E-state index in [1.54, 1.807) is 11.8 Å². The standard InChI is InChI=1S/C11H11N3OS2/c1-16-8-4-2-3-7(5-8)9-6-17-11(13-9)10(12)14-15/h2-6,15H,1H3,(H2,12,14). The molecule has 0 spiro atoms. The zero-order chi connectivity index (χ0) is 12.3. The van der Waals surface area contributed by atoms with E-state index >= 15 is 0 Å². The van der Waals surface area contributed by atoms with Crippen molar-refractivity contribution in [1.29, 1.82) is 0 Å². The molecule has 0 aliphatic rings. The Morgan fingerprint density at radius 2 is 2.35 bits per heavy atom. The van der Waals surface area contributed by atoms with E-state index in [9.17, 15) is 0 Å². The summed E-state index contributed by atoms with van der Waals surface area (Å²) in [6.45, 7) is 0. The maximum atomic E-state index is 8.58. The van der Waals surface area contributed by atoms with E-state index in [4.69, 9.17) is 10.9 Å². The van der Waals surface area contributed by atoms with Gasteiger partial charge in [0.25, 0.3) is 0 Å². The Balaban J connectivity index is 2.36.